The predicted molar refractivity (Wildman–Crippen MR) is 121 cm³/mol. The number of amides is 1. The van der Waals surface area contributed by atoms with E-state index >= 15 is 0 Å². The van der Waals surface area contributed by atoms with Crippen molar-refractivity contribution >= 4 is 50.5 Å². The van der Waals surface area contributed by atoms with Gasteiger partial charge >= 0.3 is 5.97 Å². The molecule has 0 fully saturated rings. The first-order valence-corrected chi connectivity index (χ1v) is 11.1. The van der Waals surface area contributed by atoms with Crippen LogP contribution in [0.15, 0.2) is 47.2 Å². The predicted octanol–water partition coefficient (Wildman–Crippen LogP) is 5.41. The van der Waals surface area contributed by atoms with E-state index in [9.17, 15) is 9.59 Å². The number of thiophene rings is 2. The number of rotatable bonds is 6. The Kier molecular flexibility index (Phi) is 5.61. The van der Waals surface area contributed by atoms with Crippen molar-refractivity contribution in [3.8, 4) is 16.2 Å². The second-order valence-corrected chi connectivity index (χ2v) is 8.31. The van der Waals surface area contributed by atoms with Crippen LogP contribution in [0, 0.1) is 0 Å². The summed E-state index contributed by atoms with van der Waals surface area (Å²) in [6.07, 6.45) is 0. The molecule has 0 bridgehead atoms. The van der Waals surface area contributed by atoms with E-state index in [1.54, 1.807) is 20.1 Å². The van der Waals surface area contributed by atoms with Crippen molar-refractivity contribution in [3.05, 3.63) is 58.4 Å². The zero-order valence-corrected chi connectivity index (χ0v) is 18.4. The van der Waals surface area contributed by atoms with Crippen molar-refractivity contribution in [2.45, 2.75) is 6.92 Å². The van der Waals surface area contributed by atoms with Gasteiger partial charge in [-0.1, -0.05) is 12.1 Å². The van der Waals surface area contributed by atoms with Gasteiger partial charge in [0.1, 0.15) is 22.0 Å². The van der Waals surface area contributed by atoms with Crippen LogP contribution in [-0.4, -0.2) is 30.2 Å². The molecule has 30 heavy (non-hydrogen) atoms. The fraction of sp³-hybridized carbons (Fsp3) is 0.182. The lowest BCUT2D eigenvalue weighted by Gasteiger charge is -2.09. The molecule has 1 aromatic carbocycles. The van der Waals surface area contributed by atoms with Crippen LogP contribution in [0.5, 0.6) is 5.75 Å². The molecule has 0 spiro atoms. The van der Waals surface area contributed by atoms with Gasteiger partial charge in [-0.05, 0) is 36.6 Å². The van der Waals surface area contributed by atoms with E-state index in [-0.39, 0.29) is 12.5 Å². The molecular formula is C22H20N2O4S2. The number of carbonyl (C=O) groups excluding carboxylic acids is 2. The minimum Gasteiger partial charge on any atom is -0.496 e. The van der Waals surface area contributed by atoms with Crippen molar-refractivity contribution < 1.29 is 19.1 Å². The first-order chi connectivity index (χ1) is 14.5. The zero-order chi connectivity index (χ0) is 21.3. The monoisotopic (exact) mass is 440 g/mol. The van der Waals surface area contributed by atoms with Gasteiger partial charge in [-0.25, -0.2) is 4.79 Å². The number of aromatic nitrogens is 1. The second-order valence-electron chi connectivity index (χ2n) is 6.49. The Hall–Kier alpha value is -3.10. The number of hydrogen-bond acceptors (Lipinski definition) is 6. The summed E-state index contributed by atoms with van der Waals surface area (Å²) in [5.74, 6) is -0.0532. The second kappa shape index (κ2) is 8.33. The van der Waals surface area contributed by atoms with Crippen molar-refractivity contribution in [2.75, 3.05) is 19.0 Å². The van der Waals surface area contributed by atoms with E-state index in [1.807, 2.05) is 52.7 Å². The Morgan fingerprint density at radius 2 is 2.00 bits per heavy atom. The van der Waals surface area contributed by atoms with Crippen molar-refractivity contribution in [3.63, 3.8) is 0 Å². The molecule has 0 saturated carbocycles. The Morgan fingerprint density at radius 3 is 2.70 bits per heavy atom. The molecule has 0 saturated heterocycles. The minimum absolute atomic E-state index is 0.259. The topological polar surface area (TPSA) is 69.6 Å². The average molecular weight is 441 g/mol. The maximum Gasteiger partial charge on any atom is 0.341 e. The van der Waals surface area contributed by atoms with Gasteiger partial charge < -0.3 is 19.4 Å². The highest BCUT2D eigenvalue weighted by Crippen LogP contribution is 2.38. The summed E-state index contributed by atoms with van der Waals surface area (Å²) in [4.78, 5) is 26.7. The van der Waals surface area contributed by atoms with Crippen LogP contribution < -0.4 is 10.1 Å². The van der Waals surface area contributed by atoms with Crippen LogP contribution in [-0.2, 0) is 11.8 Å². The molecule has 0 unspecified atom stereocenters. The number of ether oxygens (including phenoxy) is 2. The standard InChI is InChI=1S/C22H20N2O4S2/c1-4-28-22(26)19-14(18-9-6-10-29-18)12-30-21(19)23-20(25)16-11-13-15(24(16)2)7-5-8-17(13)27-3/h5-12H,4H2,1-3H3,(H,23,25). The lowest BCUT2D eigenvalue weighted by Crippen LogP contribution is -2.17. The van der Waals surface area contributed by atoms with Gasteiger partial charge in [-0.15, -0.1) is 22.7 Å². The Morgan fingerprint density at radius 1 is 1.17 bits per heavy atom. The molecule has 154 valence electrons. The van der Waals surface area contributed by atoms with Crippen LogP contribution in [0.4, 0.5) is 5.00 Å². The zero-order valence-electron chi connectivity index (χ0n) is 16.7. The van der Waals surface area contributed by atoms with Crippen molar-refractivity contribution in [1.29, 1.82) is 0 Å². The lowest BCUT2D eigenvalue weighted by atomic mass is 10.1. The average Bonchev–Trinajstić information content (AvgIpc) is 3.47. The lowest BCUT2D eigenvalue weighted by molar-refractivity contribution is 0.0529. The quantitative estimate of drug-likeness (QED) is 0.407. The van der Waals surface area contributed by atoms with E-state index in [4.69, 9.17) is 9.47 Å². The number of methoxy groups -OCH3 is 1. The molecule has 0 aliphatic carbocycles. The maximum absolute atomic E-state index is 13.1. The van der Waals surface area contributed by atoms with Crippen LogP contribution in [0.2, 0.25) is 0 Å². The molecule has 0 aliphatic heterocycles. The molecule has 6 nitrogen and oxygen atoms in total. The van der Waals surface area contributed by atoms with E-state index in [0.29, 0.717) is 22.0 Å². The van der Waals surface area contributed by atoms with Crippen LogP contribution in [0.25, 0.3) is 21.3 Å². The third-order valence-corrected chi connectivity index (χ3v) is 6.58. The van der Waals surface area contributed by atoms with Gasteiger partial charge in [-0.2, -0.15) is 0 Å². The number of benzene rings is 1. The molecule has 8 heteroatoms. The van der Waals surface area contributed by atoms with E-state index < -0.39 is 5.97 Å². The highest BCUT2D eigenvalue weighted by molar-refractivity contribution is 7.17. The normalized spacial score (nSPS) is 10.9. The van der Waals surface area contributed by atoms with Crippen molar-refractivity contribution in [2.24, 2.45) is 7.05 Å². The molecular weight excluding hydrogens is 420 g/mol. The van der Waals surface area contributed by atoms with Crippen LogP contribution in [0.1, 0.15) is 27.8 Å². The molecule has 3 aromatic heterocycles. The number of carbonyl (C=O) groups is 2. The SMILES string of the molecule is CCOC(=O)c1c(-c2cccs2)csc1NC(=O)c1cc2c(OC)cccc2n1C. The van der Waals surface area contributed by atoms with Gasteiger partial charge in [0.25, 0.3) is 5.91 Å². The number of esters is 1. The summed E-state index contributed by atoms with van der Waals surface area (Å²) in [6, 6.07) is 11.3. The summed E-state index contributed by atoms with van der Waals surface area (Å²) in [5, 5.41) is 8.05. The van der Waals surface area contributed by atoms with Gasteiger partial charge in [0, 0.05) is 28.3 Å². The fourth-order valence-corrected chi connectivity index (χ4v) is 5.13. The van der Waals surface area contributed by atoms with E-state index in [0.717, 1.165) is 21.3 Å². The summed E-state index contributed by atoms with van der Waals surface area (Å²) in [6.45, 7) is 2.02. The fourth-order valence-electron chi connectivity index (χ4n) is 3.37. The number of nitrogens with one attached hydrogen (secondary N) is 1. The third kappa shape index (κ3) is 3.48. The Labute approximate surface area is 181 Å². The van der Waals surface area contributed by atoms with E-state index in [2.05, 4.69) is 5.32 Å². The molecule has 0 radical (unpaired) electrons. The summed E-state index contributed by atoms with van der Waals surface area (Å²) in [7, 11) is 3.43. The smallest absolute Gasteiger partial charge is 0.341 e. The summed E-state index contributed by atoms with van der Waals surface area (Å²) >= 11 is 2.84. The molecule has 1 N–H and O–H groups in total. The third-order valence-electron chi connectivity index (χ3n) is 4.78. The van der Waals surface area contributed by atoms with Crippen molar-refractivity contribution in [1.82, 2.24) is 4.57 Å². The van der Waals surface area contributed by atoms with Gasteiger partial charge in [-0.3, -0.25) is 4.79 Å². The largest absolute Gasteiger partial charge is 0.496 e. The molecule has 0 aliphatic rings. The first-order valence-electron chi connectivity index (χ1n) is 9.31. The number of aryl methyl sites for hydroxylation is 1. The van der Waals surface area contributed by atoms with Crippen LogP contribution in [0.3, 0.4) is 0 Å². The molecule has 1 amide bonds. The first kappa shape index (κ1) is 20.2. The molecule has 3 heterocycles. The highest BCUT2D eigenvalue weighted by Gasteiger charge is 2.24. The van der Waals surface area contributed by atoms with Gasteiger partial charge in [0.05, 0.1) is 19.2 Å². The highest BCUT2D eigenvalue weighted by atomic mass is 32.1. The number of nitrogens with zero attached hydrogens (tertiary/aromatic N) is 1. The summed E-state index contributed by atoms with van der Waals surface area (Å²) < 4.78 is 12.5. The maximum atomic E-state index is 13.1. The number of hydrogen-bond donors (Lipinski definition) is 1. The Bertz CT molecular complexity index is 1220. The minimum atomic E-state index is -0.448. The number of fused-ring (bicyclic) bond motifs is 1. The number of anilines is 1. The molecule has 4 rings (SSSR count). The van der Waals surface area contributed by atoms with Gasteiger partial charge in [0.15, 0.2) is 0 Å². The van der Waals surface area contributed by atoms with E-state index in [1.165, 1.54) is 22.7 Å². The van der Waals surface area contributed by atoms with Gasteiger partial charge in [0.2, 0.25) is 0 Å². The van der Waals surface area contributed by atoms with Crippen LogP contribution >= 0.6 is 22.7 Å². The molecule has 4 aromatic rings. The summed E-state index contributed by atoms with van der Waals surface area (Å²) in [5.41, 5.74) is 2.50. The molecule has 0 atom stereocenters. The Balaban J connectivity index is 1.73.